The topological polar surface area (TPSA) is 68.1 Å². The maximum Gasteiger partial charge on any atom is 0.242 e. The molecule has 0 saturated heterocycles. The Hall–Kier alpha value is -1.38. The third-order valence-electron chi connectivity index (χ3n) is 3.03. The van der Waals surface area contributed by atoms with Gasteiger partial charge in [-0.3, -0.25) is 0 Å². The summed E-state index contributed by atoms with van der Waals surface area (Å²) in [5, 5.41) is 8.08. The maximum absolute atomic E-state index is 12.0. The van der Waals surface area contributed by atoms with Gasteiger partial charge in [-0.25, -0.2) is 12.7 Å². The fourth-order valence-corrected chi connectivity index (χ4v) is 3.74. The summed E-state index contributed by atoms with van der Waals surface area (Å²) >= 11 is 1.61. The summed E-state index contributed by atoms with van der Waals surface area (Å²) in [6, 6.07) is 6.88. The fourth-order valence-electron chi connectivity index (χ4n) is 1.82. The third-order valence-corrected chi connectivity index (χ3v) is 5.96. The first-order valence-electron chi connectivity index (χ1n) is 6.35. The van der Waals surface area contributed by atoms with Crippen LogP contribution >= 0.6 is 11.8 Å². The van der Waals surface area contributed by atoms with Crippen molar-refractivity contribution in [3.05, 3.63) is 36.4 Å². The molecule has 0 N–H and O–H groups in total. The average Bonchev–Trinajstić information content (AvgIpc) is 2.85. The minimum absolute atomic E-state index is 0.133. The summed E-state index contributed by atoms with van der Waals surface area (Å²) in [4.78, 5) is 1.28. The standard InChI is InChI=1S/C13H18N4O2S2/c1-10(13-15-14-9-17(13)4)20-11-5-7-12(8-6-11)21(18,19)16(2)3/h5-10H,1-4H3. The predicted molar refractivity (Wildman–Crippen MR) is 82.6 cm³/mol. The first kappa shape index (κ1) is 16.0. The first-order chi connectivity index (χ1) is 9.82. The number of nitrogens with zero attached hydrogens (tertiary/aromatic N) is 4. The number of aryl methyl sites for hydroxylation is 1. The molecule has 1 unspecified atom stereocenters. The van der Waals surface area contributed by atoms with Crippen molar-refractivity contribution < 1.29 is 8.42 Å². The number of benzene rings is 1. The van der Waals surface area contributed by atoms with Crippen molar-refractivity contribution in [1.82, 2.24) is 19.1 Å². The quantitative estimate of drug-likeness (QED) is 0.785. The van der Waals surface area contributed by atoms with Crippen molar-refractivity contribution in [2.45, 2.75) is 22.0 Å². The van der Waals surface area contributed by atoms with Crippen molar-refractivity contribution in [3.8, 4) is 0 Å². The van der Waals surface area contributed by atoms with Gasteiger partial charge >= 0.3 is 0 Å². The van der Waals surface area contributed by atoms with Crippen LogP contribution in [0.2, 0.25) is 0 Å². The van der Waals surface area contributed by atoms with E-state index in [1.165, 1.54) is 18.4 Å². The Morgan fingerprint density at radius 1 is 1.24 bits per heavy atom. The van der Waals surface area contributed by atoms with Gasteiger partial charge in [0, 0.05) is 26.0 Å². The van der Waals surface area contributed by atoms with Gasteiger partial charge in [0.25, 0.3) is 0 Å². The van der Waals surface area contributed by atoms with E-state index in [4.69, 9.17) is 0 Å². The molecule has 0 fully saturated rings. The lowest BCUT2D eigenvalue weighted by molar-refractivity contribution is 0.520. The number of sulfonamides is 1. The molecule has 0 aliphatic carbocycles. The van der Waals surface area contributed by atoms with Crippen LogP contribution in [0.25, 0.3) is 0 Å². The van der Waals surface area contributed by atoms with Gasteiger partial charge in [0.1, 0.15) is 12.2 Å². The molecule has 114 valence electrons. The summed E-state index contributed by atoms with van der Waals surface area (Å²) in [6.45, 7) is 2.04. The highest BCUT2D eigenvalue weighted by molar-refractivity contribution is 7.99. The molecule has 0 spiro atoms. The van der Waals surface area contributed by atoms with E-state index < -0.39 is 10.0 Å². The number of aromatic nitrogens is 3. The second kappa shape index (κ2) is 6.17. The lowest BCUT2D eigenvalue weighted by Gasteiger charge is -2.13. The highest BCUT2D eigenvalue weighted by atomic mass is 32.2. The van der Waals surface area contributed by atoms with Crippen LogP contribution in [-0.4, -0.2) is 41.6 Å². The van der Waals surface area contributed by atoms with Crippen LogP contribution < -0.4 is 0 Å². The smallest absolute Gasteiger partial charge is 0.242 e. The van der Waals surface area contributed by atoms with Gasteiger partial charge in [0.15, 0.2) is 0 Å². The van der Waals surface area contributed by atoms with Gasteiger partial charge in [0.05, 0.1) is 10.1 Å². The van der Waals surface area contributed by atoms with Crippen LogP contribution in [0.15, 0.2) is 40.4 Å². The molecule has 6 nitrogen and oxygen atoms in total. The largest absolute Gasteiger partial charge is 0.320 e. The zero-order valence-corrected chi connectivity index (χ0v) is 14.0. The van der Waals surface area contributed by atoms with Gasteiger partial charge in [0.2, 0.25) is 10.0 Å². The Morgan fingerprint density at radius 2 is 1.86 bits per heavy atom. The number of thioether (sulfide) groups is 1. The molecule has 1 aromatic heterocycles. The molecule has 1 atom stereocenters. The molecule has 2 aromatic rings. The van der Waals surface area contributed by atoms with Crippen LogP contribution in [0.3, 0.4) is 0 Å². The summed E-state index contributed by atoms with van der Waals surface area (Å²) < 4.78 is 27.1. The molecule has 21 heavy (non-hydrogen) atoms. The van der Waals surface area contributed by atoms with Gasteiger partial charge in [-0.2, -0.15) is 0 Å². The summed E-state index contributed by atoms with van der Waals surface area (Å²) in [5.41, 5.74) is 0. The van der Waals surface area contributed by atoms with E-state index in [0.717, 1.165) is 10.7 Å². The summed E-state index contributed by atoms with van der Waals surface area (Å²) in [6.07, 6.45) is 1.67. The van der Waals surface area contributed by atoms with Crippen molar-refractivity contribution in [2.24, 2.45) is 7.05 Å². The molecule has 0 radical (unpaired) electrons. The minimum Gasteiger partial charge on any atom is -0.320 e. The molecular weight excluding hydrogens is 308 g/mol. The Kier molecular flexibility index (Phi) is 4.70. The third kappa shape index (κ3) is 3.45. The molecule has 0 aliphatic rings. The predicted octanol–water partition coefficient (Wildman–Crippen LogP) is 1.92. The number of hydrogen-bond acceptors (Lipinski definition) is 5. The van der Waals surface area contributed by atoms with Gasteiger partial charge in [-0.1, -0.05) is 0 Å². The first-order valence-corrected chi connectivity index (χ1v) is 8.67. The Labute approximate surface area is 129 Å². The van der Waals surface area contributed by atoms with E-state index in [2.05, 4.69) is 10.2 Å². The number of rotatable bonds is 5. The Balaban J connectivity index is 2.15. The molecule has 0 amide bonds. The normalized spacial score (nSPS) is 13.6. The molecule has 8 heteroatoms. The summed E-state index contributed by atoms with van der Waals surface area (Å²) in [7, 11) is 1.57. The van der Waals surface area contributed by atoms with Crippen molar-refractivity contribution in [2.75, 3.05) is 14.1 Å². The molecule has 2 rings (SSSR count). The van der Waals surface area contributed by atoms with Gasteiger partial charge < -0.3 is 4.57 Å². The van der Waals surface area contributed by atoms with Crippen molar-refractivity contribution in [3.63, 3.8) is 0 Å². The lowest BCUT2D eigenvalue weighted by atomic mass is 10.4. The maximum atomic E-state index is 12.0. The Morgan fingerprint density at radius 3 is 2.33 bits per heavy atom. The number of hydrogen-bond donors (Lipinski definition) is 0. The lowest BCUT2D eigenvalue weighted by Crippen LogP contribution is -2.22. The van der Waals surface area contributed by atoms with Gasteiger partial charge in [-0.15, -0.1) is 22.0 Å². The average molecular weight is 326 g/mol. The molecule has 0 saturated carbocycles. The van der Waals surface area contributed by atoms with E-state index in [9.17, 15) is 8.42 Å². The van der Waals surface area contributed by atoms with Crippen LogP contribution in [0.4, 0.5) is 0 Å². The van der Waals surface area contributed by atoms with Crippen LogP contribution in [-0.2, 0) is 17.1 Å². The minimum atomic E-state index is -3.37. The Bertz CT molecular complexity index is 708. The molecule has 1 heterocycles. The van der Waals surface area contributed by atoms with E-state index in [1.807, 2.05) is 30.7 Å². The molecule has 0 aliphatic heterocycles. The van der Waals surface area contributed by atoms with Crippen LogP contribution in [0.5, 0.6) is 0 Å². The van der Waals surface area contributed by atoms with E-state index in [-0.39, 0.29) is 5.25 Å². The van der Waals surface area contributed by atoms with Crippen molar-refractivity contribution >= 4 is 21.8 Å². The monoisotopic (exact) mass is 326 g/mol. The van der Waals surface area contributed by atoms with Gasteiger partial charge in [-0.05, 0) is 31.2 Å². The fraction of sp³-hybridized carbons (Fsp3) is 0.385. The molecule has 0 bridgehead atoms. The zero-order chi connectivity index (χ0) is 15.6. The van der Waals surface area contributed by atoms with Crippen molar-refractivity contribution in [1.29, 1.82) is 0 Å². The SMILES string of the molecule is CC(Sc1ccc(S(=O)(=O)N(C)C)cc1)c1nncn1C. The van der Waals surface area contributed by atoms with E-state index >= 15 is 0 Å². The highest BCUT2D eigenvalue weighted by Gasteiger charge is 2.17. The second-order valence-electron chi connectivity index (χ2n) is 4.82. The molecule has 1 aromatic carbocycles. The highest BCUT2D eigenvalue weighted by Crippen LogP contribution is 2.33. The molecular formula is C13H18N4O2S2. The summed E-state index contributed by atoms with van der Waals surface area (Å²) in [5.74, 6) is 0.880. The van der Waals surface area contributed by atoms with Crippen LogP contribution in [0, 0.1) is 0 Å². The van der Waals surface area contributed by atoms with Crippen LogP contribution in [0.1, 0.15) is 18.0 Å². The van der Waals surface area contributed by atoms with E-state index in [0.29, 0.717) is 4.90 Å². The second-order valence-corrected chi connectivity index (χ2v) is 8.39. The zero-order valence-electron chi connectivity index (χ0n) is 12.4. The van der Waals surface area contributed by atoms with E-state index in [1.54, 1.807) is 30.2 Å².